The van der Waals surface area contributed by atoms with Crippen molar-refractivity contribution in [3.63, 3.8) is 0 Å². The molecule has 0 saturated heterocycles. The molecule has 1 aromatic heterocycles. The van der Waals surface area contributed by atoms with Gasteiger partial charge in [0.15, 0.2) is 6.61 Å². The van der Waals surface area contributed by atoms with Crippen LogP contribution in [0.15, 0.2) is 28.8 Å². The van der Waals surface area contributed by atoms with Crippen LogP contribution in [-0.2, 0) is 16.1 Å². The Morgan fingerprint density at radius 3 is 2.32 bits per heavy atom. The van der Waals surface area contributed by atoms with Crippen molar-refractivity contribution < 1.29 is 23.6 Å². The summed E-state index contributed by atoms with van der Waals surface area (Å²) in [5.74, 6) is 0.220. The molecule has 2 rings (SSSR count). The molecule has 0 bridgehead atoms. The van der Waals surface area contributed by atoms with Gasteiger partial charge >= 0.3 is 5.97 Å². The molecule has 28 heavy (non-hydrogen) atoms. The van der Waals surface area contributed by atoms with E-state index in [1.807, 2.05) is 34.6 Å². The Morgan fingerprint density at radius 1 is 1.11 bits per heavy atom. The first kappa shape index (κ1) is 21.5. The molecular weight excluding hydrogens is 360 g/mol. The lowest BCUT2D eigenvalue weighted by Crippen LogP contribution is -2.44. The zero-order valence-corrected chi connectivity index (χ0v) is 17.3. The van der Waals surface area contributed by atoms with Crippen LogP contribution < -0.4 is 4.74 Å². The quantitative estimate of drug-likeness (QED) is 0.642. The molecule has 0 atom stereocenters. The summed E-state index contributed by atoms with van der Waals surface area (Å²) in [4.78, 5) is 26.6. The van der Waals surface area contributed by atoms with Crippen molar-refractivity contribution in [1.82, 2.24) is 10.1 Å². The maximum Gasteiger partial charge on any atom is 0.342 e. The Balaban J connectivity index is 2.05. The van der Waals surface area contributed by atoms with E-state index in [1.165, 1.54) is 0 Å². The zero-order valence-electron chi connectivity index (χ0n) is 17.3. The molecule has 152 valence electrons. The van der Waals surface area contributed by atoms with E-state index in [0.29, 0.717) is 11.5 Å². The van der Waals surface area contributed by atoms with Crippen molar-refractivity contribution in [1.29, 1.82) is 0 Å². The number of esters is 1. The van der Waals surface area contributed by atoms with Gasteiger partial charge in [0, 0.05) is 12.1 Å². The van der Waals surface area contributed by atoms with Gasteiger partial charge in [0.05, 0.1) is 11.3 Å². The van der Waals surface area contributed by atoms with Crippen LogP contribution in [0.4, 0.5) is 0 Å². The highest BCUT2D eigenvalue weighted by Gasteiger charge is 2.22. The Labute approximate surface area is 165 Å². The number of carbonyl (C=O) groups is 2. The van der Waals surface area contributed by atoms with E-state index in [9.17, 15) is 9.59 Å². The van der Waals surface area contributed by atoms with Gasteiger partial charge in [-0.15, -0.1) is 0 Å². The summed E-state index contributed by atoms with van der Waals surface area (Å²) < 4.78 is 16.2. The van der Waals surface area contributed by atoms with Crippen molar-refractivity contribution in [2.24, 2.45) is 0 Å². The van der Waals surface area contributed by atoms with Crippen LogP contribution in [0.2, 0.25) is 0 Å². The van der Waals surface area contributed by atoms with Crippen LogP contribution in [0.5, 0.6) is 5.75 Å². The lowest BCUT2D eigenvalue weighted by Gasteiger charge is -2.30. The predicted octanol–water partition coefficient (Wildman–Crippen LogP) is 3.67. The molecule has 0 fully saturated rings. The Hall–Kier alpha value is -2.83. The first-order valence-corrected chi connectivity index (χ1v) is 9.34. The Bertz CT molecular complexity index is 798. The van der Waals surface area contributed by atoms with Gasteiger partial charge in [-0.05, 0) is 53.7 Å². The van der Waals surface area contributed by atoms with Crippen molar-refractivity contribution in [3.05, 3.63) is 46.8 Å². The summed E-state index contributed by atoms with van der Waals surface area (Å²) in [6, 6.07) is 6.83. The van der Waals surface area contributed by atoms with Gasteiger partial charge < -0.3 is 18.9 Å². The van der Waals surface area contributed by atoms with E-state index in [0.717, 1.165) is 11.3 Å². The first-order valence-electron chi connectivity index (χ1n) is 9.34. The zero-order chi connectivity index (χ0) is 20.8. The van der Waals surface area contributed by atoms with Crippen LogP contribution in [0, 0.1) is 13.8 Å². The fourth-order valence-electron chi connectivity index (χ4n) is 3.07. The second-order valence-corrected chi connectivity index (χ2v) is 7.15. The summed E-state index contributed by atoms with van der Waals surface area (Å²) in [6.45, 7) is 11.3. The third kappa shape index (κ3) is 5.12. The summed E-state index contributed by atoms with van der Waals surface area (Å²) >= 11 is 0. The highest BCUT2D eigenvalue weighted by atomic mass is 16.5. The second kappa shape index (κ2) is 9.39. The molecule has 0 aliphatic carbocycles. The van der Waals surface area contributed by atoms with Crippen LogP contribution in [0.3, 0.4) is 0 Å². The molecule has 7 heteroatoms. The molecule has 1 heterocycles. The van der Waals surface area contributed by atoms with Gasteiger partial charge in [0.25, 0.3) is 5.91 Å². The van der Waals surface area contributed by atoms with E-state index in [-0.39, 0.29) is 36.8 Å². The average Bonchev–Trinajstić information content (AvgIpc) is 2.95. The fraction of sp³-hybridized carbons (Fsp3) is 0.476. The molecule has 0 radical (unpaired) electrons. The van der Waals surface area contributed by atoms with E-state index >= 15 is 0 Å². The molecule has 1 amide bonds. The maximum atomic E-state index is 12.5. The smallest absolute Gasteiger partial charge is 0.342 e. The van der Waals surface area contributed by atoms with Crippen molar-refractivity contribution in [3.8, 4) is 5.75 Å². The van der Waals surface area contributed by atoms with Crippen LogP contribution in [-0.4, -0.2) is 40.6 Å². The van der Waals surface area contributed by atoms with Crippen molar-refractivity contribution >= 4 is 11.9 Å². The van der Waals surface area contributed by atoms with Crippen molar-refractivity contribution in [2.45, 2.75) is 60.2 Å². The SMILES string of the molecule is Cc1noc(C)c1COc1ccccc1C(=O)OCC(=O)N(C(C)C)C(C)C. The minimum Gasteiger partial charge on any atom is -0.488 e. The lowest BCUT2D eigenvalue weighted by atomic mass is 10.2. The van der Waals surface area contributed by atoms with Gasteiger partial charge in [-0.3, -0.25) is 4.79 Å². The van der Waals surface area contributed by atoms with E-state index < -0.39 is 5.97 Å². The van der Waals surface area contributed by atoms with E-state index in [2.05, 4.69) is 5.16 Å². The molecule has 0 N–H and O–H groups in total. The van der Waals surface area contributed by atoms with Gasteiger partial charge in [-0.25, -0.2) is 4.79 Å². The Kier molecular flexibility index (Phi) is 7.20. The summed E-state index contributed by atoms with van der Waals surface area (Å²) in [7, 11) is 0. The number of nitrogens with zero attached hydrogens (tertiary/aromatic N) is 2. The van der Waals surface area contributed by atoms with Gasteiger partial charge in [0.2, 0.25) is 0 Å². The molecule has 2 aromatic rings. The van der Waals surface area contributed by atoms with Crippen molar-refractivity contribution in [2.75, 3.05) is 6.61 Å². The number of benzene rings is 1. The summed E-state index contributed by atoms with van der Waals surface area (Å²) in [6.07, 6.45) is 0. The minimum atomic E-state index is -0.602. The molecule has 0 saturated carbocycles. The van der Waals surface area contributed by atoms with Gasteiger partial charge in [-0.2, -0.15) is 0 Å². The molecule has 0 aliphatic rings. The number of rotatable bonds is 8. The normalized spacial score (nSPS) is 11.0. The third-order valence-corrected chi connectivity index (χ3v) is 4.39. The number of carbonyl (C=O) groups excluding carboxylic acids is 2. The van der Waals surface area contributed by atoms with Gasteiger partial charge in [0.1, 0.15) is 23.7 Å². The number of ether oxygens (including phenoxy) is 2. The molecule has 1 aromatic carbocycles. The highest BCUT2D eigenvalue weighted by molar-refractivity contribution is 5.94. The van der Waals surface area contributed by atoms with Crippen LogP contribution >= 0.6 is 0 Å². The Morgan fingerprint density at radius 2 is 1.75 bits per heavy atom. The molecule has 0 spiro atoms. The maximum absolute atomic E-state index is 12.5. The number of hydrogen-bond donors (Lipinski definition) is 0. The summed E-state index contributed by atoms with van der Waals surface area (Å²) in [5.41, 5.74) is 1.84. The number of amides is 1. The minimum absolute atomic E-state index is 0.0249. The number of aryl methyl sites for hydroxylation is 2. The van der Waals surface area contributed by atoms with E-state index in [4.69, 9.17) is 14.0 Å². The fourth-order valence-corrected chi connectivity index (χ4v) is 3.07. The third-order valence-electron chi connectivity index (χ3n) is 4.39. The first-order chi connectivity index (χ1) is 13.2. The standard InChI is InChI=1S/C21H28N2O5/c1-13(2)23(14(3)4)20(24)12-27-21(25)17-9-7-8-10-19(17)26-11-18-15(5)22-28-16(18)6/h7-10,13-14H,11-12H2,1-6H3. The average molecular weight is 388 g/mol. The molecule has 0 unspecified atom stereocenters. The number of aromatic nitrogens is 1. The molecular formula is C21H28N2O5. The van der Waals surface area contributed by atoms with Gasteiger partial charge in [-0.1, -0.05) is 17.3 Å². The number of hydrogen-bond acceptors (Lipinski definition) is 6. The van der Waals surface area contributed by atoms with Crippen LogP contribution in [0.1, 0.15) is 55.1 Å². The monoisotopic (exact) mass is 388 g/mol. The van der Waals surface area contributed by atoms with E-state index in [1.54, 1.807) is 36.1 Å². The molecule has 7 nitrogen and oxygen atoms in total. The van der Waals surface area contributed by atoms with Crippen LogP contribution in [0.25, 0.3) is 0 Å². The highest BCUT2D eigenvalue weighted by Crippen LogP contribution is 2.22. The number of para-hydroxylation sites is 1. The predicted molar refractivity (Wildman–Crippen MR) is 104 cm³/mol. The lowest BCUT2D eigenvalue weighted by molar-refractivity contribution is -0.138. The second-order valence-electron chi connectivity index (χ2n) is 7.15. The molecule has 0 aliphatic heterocycles. The largest absolute Gasteiger partial charge is 0.488 e. The summed E-state index contributed by atoms with van der Waals surface area (Å²) in [5, 5.41) is 3.89. The topological polar surface area (TPSA) is 81.9 Å².